The zero-order valence-electron chi connectivity index (χ0n) is 15.1. The molecule has 0 radical (unpaired) electrons. The van der Waals surface area contributed by atoms with Crippen LogP contribution < -0.4 is 10.0 Å². The van der Waals surface area contributed by atoms with Gasteiger partial charge >= 0.3 is 6.03 Å². The van der Waals surface area contributed by atoms with Gasteiger partial charge in [0.15, 0.2) is 0 Å². The molecule has 0 saturated carbocycles. The van der Waals surface area contributed by atoms with Crippen molar-refractivity contribution < 1.29 is 4.79 Å². The predicted octanol–water partition coefficient (Wildman–Crippen LogP) is 5.49. The zero-order chi connectivity index (χ0) is 17.9. The van der Waals surface area contributed by atoms with Crippen molar-refractivity contribution in [3.63, 3.8) is 0 Å². The van der Waals surface area contributed by atoms with Gasteiger partial charge in [-0.3, -0.25) is 4.72 Å². The molecule has 2 aromatic rings. The van der Waals surface area contributed by atoms with Crippen LogP contribution in [-0.4, -0.2) is 6.03 Å². The van der Waals surface area contributed by atoms with Crippen LogP contribution in [0.5, 0.6) is 0 Å². The van der Waals surface area contributed by atoms with Crippen molar-refractivity contribution in [2.24, 2.45) is 0 Å². The van der Waals surface area contributed by atoms with E-state index in [4.69, 9.17) is 0 Å². The second kappa shape index (κ2) is 7.58. The second-order valence-corrected chi connectivity index (χ2v) is 7.75. The number of benzene rings is 2. The van der Waals surface area contributed by atoms with Crippen LogP contribution in [0.1, 0.15) is 47.6 Å². The minimum atomic E-state index is -0.137. The van der Waals surface area contributed by atoms with E-state index in [0.29, 0.717) is 0 Å². The standard InChI is InChI=1S/C22H24N2OS/c1-15(16-7-3-2-4-8-16)14-26-24-22(25)23-21-19-11-5-9-17(19)13-18-10-6-12-20(18)21/h2-4,7-8,13-14H,5-6,9-12H2,1H3,(H2,23,24,25)/b15-14+. The maximum absolute atomic E-state index is 12.5. The van der Waals surface area contributed by atoms with Gasteiger partial charge in [-0.15, -0.1) is 0 Å². The minimum Gasteiger partial charge on any atom is -0.307 e. The van der Waals surface area contributed by atoms with Crippen LogP contribution in [0.15, 0.2) is 41.8 Å². The Morgan fingerprint density at radius 1 is 1.00 bits per heavy atom. The lowest BCUT2D eigenvalue weighted by molar-refractivity contribution is 0.257. The topological polar surface area (TPSA) is 41.1 Å². The third-order valence-electron chi connectivity index (χ3n) is 5.33. The van der Waals surface area contributed by atoms with E-state index < -0.39 is 0 Å². The number of carbonyl (C=O) groups excluding carboxylic acids is 1. The van der Waals surface area contributed by atoms with Crippen LogP contribution in [0, 0.1) is 0 Å². The summed E-state index contributed by atoms with van der Waals surface area (Å²) in [6, 6.07) is 12.4. The van der Waals surface area contributed by atoms with E-state index in [0.717, 1.165) is 36.9 Å². The molecule has 0 atom stereocenters. The number of rotatable bonds is 4. The average Bonchev–Trinajstić information content (AvgIpc) is 3.31. The van der Waals surface area contributed by atoms with E-state index in [2.05, 4.69) is 35.2 Å². The molecule has 4 heteroatoms. The van der Waals surface area contributed by atoms with E-state index in [-0.39, 0.29) is 6.03 Å². The molecule has 0 spiro atoms. The van der Waals surface area contributed by atoms with Crippen molar-refractivity contribution >= 4 is 29.2 Å². The Balaban J connectivity index is 1.43. The predicted molar refractivity (Wildman–Crippen MR) is 110 cm³/mol. The van der Waals surface area contributed by atoms with Gasteiger partial charge in [0, 0.05) is 5.69 Å². The number of fused-ring (bicyclic) bond motifs is 2. The first-order valence-electron chi connectivity index (χ1n) is 9.33. The Morgan fingerprint density at radius 3 is 2.31 bits per heavy atom. The number of hydrogen-bond donors (Lipinski definition) is 2. The number of nitrogens with one attached hydrogen (secondary N) is 2. The van der Waals surface area contributed by atoms with Crippen LogP contribution in [-0.2, 0) is 25.7 Å². The SMILES string of the molecule is C/C(=C\SNC(=O)Nc1c2c(cc3c1CCC3)CCC2)c1ccccc1. The van der Waals surface area contributed by atoms with Crippen molar-refractivity contribution in [1.29, 1.82) is 0 Å². The first-order chi connectivity index (χ1) is 12.7. The van der Waals surface area contributed by atoms with Crippen molar-refractivity contribution in [2.45, 2.75) is 45.4 Å². The highest BCUT2D eigenvalue weighted by Crippen LogP contribution is 2.38. The summed E-state index contributed by atoms with van der Waals surface area (Å²) in [5.41, 5.74) is 9.00. The quantitative estimate of drug-likeness (QED) is 0.704. The van der Waals surface area contributed by atoms with Crippen molar-refractivity contribution in [3.05, 3.63) is 69.6 Å². The van der Waals surface area contributed by atoms with Crippen LogP contribution in [0.25, 0.3) is 5.57 Å². The number of carbonyl (C=O) groups is 1. The van der Waals surface area contributed by atoms with Crippen LogP contribution in [0.4, 0.5) is 10.5 Å². The van der Waals surface area contributed by atoms with Gasteiger partial charge in [-0.2, -0.15) is 0 Å². The molecule has 134 valence electrons. The molecular formula is C22H24N2OS. The van der Waals surface area contributed by atoms with E-state index in [1.54, 1.807) is 0 Å². The molecule has 3 nitrogen and oxygen atoms in total. The first kappa shape index (κ1) is 17.2. The van der Waals surface area contributed by atoms with Gasteiger partial charge in [0.25, 0.3) is 0 Å². The Kier molecular flexibility index (Phi) is 5.02. The molecule has 0 unspecified atom stereocenters. The molecule has 0 saturated heterocycles. The molecule has 0 aliphatic heterocycles. The molecule has 0 heterocycles. The summed E-state index contributed by atoms with van der Waals surface area (Å²) < 4.78 is 2.90. The third kappa shape index (κ3) is 3.51. The van der Waals surface area contributed by atoms with E-state index in [9.17, 15) is 4.79 Å². The van der Waals surface area contributed by atoms with Gasteiger partial charge in [0.2, 0.25) is 0 Å². The molecule has 2 aliphatic rings. The van der Waals surface area contributed by atoms with Crippen molar-refractivity contribution in [2.75, 3.05) is 5.32 Å². The molecule has 2 amide bonds. The van der Waals surface area contributed by atoms with Gasteiger partial charge in [0.05, 0.1) is 0 Å². The maximum Gasteiger partial charge on any atom is 0.329 e. The molecule has 2 aliphatic carbocycles. The van der Waals surface area contributed by atoms with Gasteiger partial charge < -0.3 is 5.32 Å². The molecule has 26 heavy (non-hydrogen) atoms. The fourth-order valence-electron chi connectivity index (χ4n) is 4.05. The van der Waals surface area contributed by atoms with Crippen molar-refractivity contribution in [3.8, 4) is 0 Å². The third-order valence-corrected chi connectivity index (χ3v) is 6.10. The fourth-order valence-corrected chi connectivity index (χ4v) is 4.58. The Labute approximate surface area is 159 Å². The second-order valence-electron chi connectivity index (χ2n) is 7.07. The molecule has 2 aromatic carbocycles. The average molecular weight is 365 g/mol. The van der Waals surface area contributed by atoms with Gasteiger partial charge in [-0.25, -0.2) is 4.79 Å². The van der Waals surface area contributed by atoms with Gasteiger partial charge in [-0.05, 0) is 96.2 Å². The first-order valence-corrected chi connectivity index (χ1v) is 10.2. The number of anilines is 1. The van der Waals surface area contributed by atoms with E-state index in [1.807, 2.05) is 23.6 Å². The van der Waals surface area contributed by atoms with Gasteiger partial charge in [-0.1, -0.05) is 36.4 Å². The lowest BCUT2D eigenvalue weighted by Gasteiger charge is -2.16. The number of hydrogen-bond acceptors (Lipinski definition) is 2. The maximum atomic E-state index is 12.5. The number of allylic oxidation sites excluding steroid dienone is 1. The van der Waals surface area contributed by atoms with Gasteiger partial charge in [0.1, 0.15) is 0 Å². The monoisotopic (exact) mass is 364 g/mol. The molecule has 0 bridgehead atoms. The highest BCUT2D eigenvalue weighted by Gasteiger charge is 2.24. The van der Waals surface area contributed by atoms with Crippen LogP contribution in [0.3, 0.4) is 0 Å². The number of amides is 2. The normalized spacial score (nSPS) is 15.5. The van der Waals surface area contributed by atoms with Crippen molar-refractivity contribution in [1.82, 2.24) is 4.72 Å². The van der Waals surface area contributed by atoms with E-state index in [1.165, 1.54) is 52.6 Å². The Bertz CT molecular complexity index is 826. The smallest absolute Gasteiger partial charge is 0.307 e. The summed E-state index contributed by atoms with van der Waals surface area (Å²) >= 11 is 1.33. The molecular weight excluding hydrogens is 340 g/mol. The summed E-state index contributed by atoms with van der Waals surface area (Å²) in [5, 5.41) is 5.14. The minimum absolute atomic E-state index is 0.137. The Morgan fingerprint density at radius 2 is 1.65 bits per heavy atom. The number of urea groups is 1. The van der Waals surface area contributed by atoms with E-state index >= 15 is 0 Å². The summed E-state index contributed by atoms with van der Waals surface area (Å²) in [7, 11) is 0. The zero-order valence-corrected chi connectivity index (χ0v) is 15.9. The molecule has 4 rings (SSSR count). The molecule has 2 N–H and O–H groups in total. The highest BCUT2D eigenvalue weighted by molar-refractivity contribution is 8.00. The largest absolute Gasteiger partial charge is 0.329 e. The fraction of sp³-hybridized carbons (Fsp3) is 0.318. The van der Waals surface area contributed by atoms with Crippen LogP contribution in [0.2, 0.25) is 0 Å². The highest BCUT2D eigenvalue weighted by atomic mass is 32.2. The molecule has 0 aromatic heterocycles. The molecule has 0 fully saturated rings. The summed E-state index contributed by atoms with van der Waals surface area (Å²) in [6.07, 6.45) is 6.85. The number of aryl methyl sites for hydroxylation is 2. The summed E-state index contributed by atoms with van der Waals surface area (Å²) in [6.45, 7) is 2.05. The van der Waals surface area contributed by atoms with Crippen LogP contribution >= 0.6 is 11.9 Å². The Hall–Kier alpha value is -2.20. The lowest BCUT2D eigenvalue weighted by atomic mass is 9.99. The lowest BCUT2D eigenvalue weighted by Crippen LogP contribution is -2.24. The summed E-state index contributed by atoms with van der Waals surface area (Å²) in [4.78, 5) is 12.5. The summed E-state index contributed by atoms with van der Waals surface area (Å²) in [5.74, 6) is 0.